The molecule has 21 heavy (non-hydrogen) atoms. The van der Waals surface area contributed by atoms with Gasteiger partial charge in [-0.2, -0.15) is 0 Å². The van der Waals surface area contributed by atoms with Gasteiger partial charge in [-0.05, 0) is 23.8 Å². The van der Waals surface area contributed by atoms with Gasteiger partial charge in [0.15, 0.2) is 0 Å². The normalized spacial score (nSPS) is 9.24. The van der Waals surface area contributed by atoms with Crippen LogP contribution < -0.4 is 5.32 Å². The molecule has 0 fully saturated rings. The summed E-state index contributed by atoms with van der Waals surface area (Å²) in [5.41, 5.74) is 1.93. The van der Waals surface area contributed by atoms with Crippen molar-refractivity contribution in [3.8, 4) is 0 Å². The number of carbonyl (C=O) groups is 1. The third-order valence-electron chi connectivity index (χ3n) is 2.58. The van der Waals surface area contributed by atoms with Crippen LogP contribution in [0.2, 0.25) is 10.0 Å². The molecular weight excluding hydrogens is 331 g/mol. The Bertz CT molecular complexity index is 603. The van der Waals surface area contributed by atoms with Gasteiger partial charge in [0.05, 0.1) is 22.2 Å². The molecule has 0 saturated carbocycles. The SMILES string of the molecule is O=C(O)Cc1ccccc1Nc1c(Cl)cccc1Cl.[NaH].[NaH]. The van der Waals surface area contributed by atoms with Crippen molar-refractivity contribution in [2.24, 2.45) is 0 Å². The Morgan fingerprint density at radius 1 is 1.00 bits per heavy atom. The predicted octanol–water partition coefficient (Wildman–Crippen LogP) is 3.07. The maximum absolute atomic E-state index is 10.8. The van der Waals surface area contributed by atoms with Crippen molar-refractivity contribution < 1.29 is 9.90 Å². The standard InChI is InChI=1S/C14H11Cl2NO2.2Na.2H/c15-10-5-3-6-11(16)14(10)17-12-7-2-1-4-9(12)8-13(18)19;;;;/h1-7,17H,8H2,(H,18,19);;;;. The Morgan fingerprint density at radius 3 is 2.14 bits per heavy atom. The van der Waals surface area contributed by atoms with Crippen molar-refractivity contribution in [1.82, 2.24) is 0 Å². The topological polar surface area (TPSA) is 49.3 Å². The molecule has 0 aliphatic heterocycles. The minimum atomic E-state index is -0.889. The Kier molecular flexibility index (Phi) is 10.3. The number of rotatable bonds is 4. The monoisotopic (exact) mass is 343 g/mol. The van der Waals surface area contributed by atoms with Gasteiger partial charge in [-0.25, -0.2) is 0 Å². The molecule has 2 aromatic carbocycles. The van der Waals surface area contributed by atoms with Crippen LogP contribution in [0.1, 0.15) is 5.56 Å². The zero-order valence-corrected chi connectivity index (χ0v) is 11.4. The van der Waals surface area contributed by atoms with Crippen LogP contribution in [0.3, 0.4) is 0 Å². The van der Waals surface area contributed by atoms with E-state index in [1.807, 2.05) is 6.07 Å². The second kappa shape index (κ2) is 10.1. The Hall–Kier alpha value is 0.290. The molecule has 102 valence electrons. The number of halogens is 2. The number of hydrogen-bond donors (Lipinski definition) is 2. The fourth-order valence-corrected chi connectivity index (χ4v) is 2.20. The van der Waals surface area contributed by atoms with Crippen LogP contribution in [0, 0.1) is 0 Å². The summed E-state index contributed by atoms with van der Waals surface area (Å²) in [6.07, 6.45) is -0.0642. The summed E-state index contributed by atoms with van der Waals surface area (Å²) in [4.78, 5) is 10.8. The van der Waals surface area contributed by atoms with E-state index in [0.717, 1.165) is 0 Å². The predicted molar refractivity (Wildman–Crippen MR) is 91.8 cm³/mol. The molecule has 2 aromatic rings. The molecule has 0 radical (unpaired) electrons. The van der Waals surface area contributed by atoms with Gasteiger partial charge in [0.2, 0.25) is 0 Å². The van der Waals surface area contributed by atoms with Gasteiger partial charge in [-0.1, -0.05) is 47.5 Å². The first-order chi connectivity index (χ1) is 9.08. The van der Waals surface area contributed by atoms with Crippen molar-refractivity contribution in [3.63, 3.8) is 0 Å². The minimum absolute atomic E-state index is 0. The van der Waals surface area contributed by atoms with Crippen LogP contribution in [0.25, 0.3) is 0 Å². The summed E-state index contributed by atoms with van der Waals surface area (Å²) < 4.78 is 0. The van der Waals surface area contributed by atoms with E-state index in [0.29, 0.717) is 27.0 Å². The summed E-state index contributed by atoms with van der Waals surface area (Å²) in [6, 6.07) is 12.3. The Morgan fingerprint density at radius 2 is 1.57 bits per heavy atom. The fourth-order valence-electron chi connectivity index (χ4n) is 1.71. The molecule has 7 heteroatoms. The van der Waals surface area contributed by atoms with E-state index in [2.05, 4.69) is 5.32 Å². The molecular formula is C14H13Cl2NNa2O2. The second-order valence-electron chi connectivity index (χ2n) is 3.95. The first-order valence-corrected chi connectivity index (χ1v) is 6.34. The average Bonchev–Trinajstić information content (AvgIpc) is 2.35. The molecule has 0 atom stereocenters. The molecule has 0 amide bonds. The number of carboxylic acid groups (broad SMARTS) is 1. The molecule has 0 unspecified atom stereocenters. The van der Waals surface area contributed by atoms with E-state index in [9.17, 15) is 4.79 Å². The van der Waals surface area contributed by atoms with Crippen LogP contribution in [0.4, 0.5) is 11.4 Å². The van der Waals surface area contributed by atoms with E-state index >= 15 is 0 Å². The molecule has 3 nitrogen and oxygen atoms in total. The first-order valence-electron chi connectivity index (χ1n) is 5.58. The second-order valence-corrected chi connectivity index (χ2v) is 4.76. The molecule has 0 bridgehead atoms. The molecule has 0 aliphatic carbocycles. The van der Waals surface area contributed by atoms with E-state index in [1.54, 1.807) is 36.4 Å². The zero-order valence-electron chi connectivity index (χ0n) is 9.86. The van der Waals surface area contributed by atoms with Crippen LogP contribution in [0.5, 0.6) is 0 Å². The summed E-state index contributed by atoms with van der Waals surface area (Å²) in [5, 5.41) is 12.9. The Balaban J connectivity index is 0.00000200. The molecule has 0 saturated heterocycles. The number of carboxylic acids is 1. The van der Waals surface area contributed by atoms with Gasteiger partial charge in [-0.3, -0.25) is 4.79 Å². The van der Waals surface area contributed by atoms with E-state index < -0.39 is 5.97 Å². The summed E-state index contributed by atoms with van der Waals surface area (Å²) in [6.45, 7) is 0. The van der Waals surface area contributed by atoms with E-state index in [4.69, 9.17) is 28.3 Å². The molecule has 2 N–H and O–H groups in total. The van der Waals surface area contributed by atoms with Crippen LogP contribution in [-0.2, 0) is 11.2 Å². The number of benzene rings is 2. The van der Waals surface area contributed by atoms with Gasteiger partial charge >= 0.3 is 65.1 Å². The third kappa shape index (κ3) is 6.12. The van der Waals surface area contributed by atoms with Crippen molar-refractivity contribution >= 4 is 99.7 Å². The molecule has 0 heterocycles. The third-order valence-corrected chi connectivity index (χ3v) is 3.21. The summed E-state index contributed by atoms with van der Waals surface area (Å²) in [7, 11) is 0. The number of aliphatic carboxylic acids is 1. The number of hydrogen-bond acceptors (Lipinski definition) is 2. The van der Waals surface area contributed by atoms with Crippen molar-refractivity contribution in [2.75, 3.05) is 5.32 Å². The number of anilines is 2. The first kappa shape index (κ1) is 21.3. The van der Waals surface area contributed by atoms with E-state index in [1.165, 1.54) is 0 Å². The van der Waals surface area contributed by atoms with Crippen LogP contribution in [0.15, 0.2) is 42.5 Å². The maximum atomic E-state index is 10.8. The van der Waals surface area contributed by atoms with Gasteiger partial charge in [-0.15, -0.1) is 0 Å². The fraction of sp³-hybridized carbons (Fsp3) is 0.0714. The van der Waals surface area contributed by atoms with Crippen molar-refractivity contribution in [2.45, 2.75) is 6.42 Å². The van der Waals surface area contributed by atoms with Crippen molar-refractivity contribution in [3.05, 3.63) is 58.1 Å². The quantitative estimate of drug-likeness (QED) is 0.839. The molecule has 0 spiro atoms. The molecule has 2 rings (SSSR count). The summed E-state index contributed by atoms with van der Waals surface area (Å²) in [5.74, 6) is -0.889. The average molecular weight is 344 g/mol. The van der Waals surface area contributed by atoms with Crippen LogP contribution >= 0.6 is 23.2 Å². The zero-order chi connectivity index (χ0) is 13.8. The summed E-state index contributed by atoms with van der Waals surface area (Å²) >= 11 is 12.1. The van der Waals surface area contributed by atoms with Gasteiger partial charge in [0.25, 0.3) is 0 Å². The number of para-hydroxylation sites is 2. The van der Waals surface area contributed by atoms with Gasteiger partial charge in [0.1, 0.15) is 0 Å². The van der Waals surface area contributed by atoms with Crippen molar-refractivity contribution in [1.29, 1.82) is 0 Å². The van der Waals surface area contributed by atoms with Gasteiger partial charge < -0.3 is 10.4 Å². The molecule has 0 aromatic heterocycles. The van der Waals surface area contributed by atoms with E-state index in [-0.39, 0.29) is 65.5 Å². The van der Waals surface area contributed by atoms with Crippen LogP contribution in [-0.4, -0.2) is 70.2 Å². The van der Waals surface area contributed by atoms with Gasteiger partial charge in [0, 0.05) is 5.69 Å². The number of nitrogens with one attached hydrogen (secondary N) is 1. The Labute approximate surface area is 177 Å². The molecule has 0 aliphatic rings.